The number of carbonyl (C=O) groups is 1. The zero-order valence-electron chi connectivity index (χ0n) is 9.99. The molecule has 0 spiro atoms. The number of nitrogens with two attached hydrogens (primary N) is 1. The second-order valence-electron chi connectivity index (χ2n) is 4.01. The number of halogens is 2. The van der Waals surface area contributed by atoms with E-state index in [1.165, 1.54) is 12.1 Å². The van der Waals surface area contributed by atoms with Gasteiger partial charge < -0.3 is 11.1 Å². The lowest BCUT2D eigenvalue weighted by Gasteiger charge is -2.08. The quantitative estimate of drug-likeness (QED) is 0.848. The molecule has 2 aromatic rings. The second kappa shape index (κ2) is 5.71. The smallest absolute Gasteiger partial charge is 0.254 e. The van der Waals surface area contributed by atoms with Gasteiger partial charge in [-0.2, -0.15) is 0 Å². The lowest BCUT2D eigenvalue weighted by Crippen LogP contribution is -2.24. The molecule has 0 aliphatic heterocycles. The third-order valence-electron chi connectivity index (χ3n) is 2.64. The maximum absolute atomic E-state index is 13.5. The molecule has 5 heteroatoms. The van der Waals surface area contributed by atoms with Crippen LogP contribution in [0.5, 0.6) is 0 Å². The van der Waals surface area contributed by atoms with Crippen molar-refractivity contribution in [3.63, 3.8) is 0 Å². The van der Waals surface area contributed by atoms with Gasteiger partial charge >= 0.3 is 0 Å². The van der Waals surface area contributed by atoms with Crippen molar-refractivity contribution in [2.75, 3.05) is 5.73 Å². The minimum atomic E-state index is -0.642. The zero-order chi connectivity index (χ0) is 13.8. The van der Waals surface area contributed by atoms with Crippen LogP contribution in [0, 0.1) is 5.82 Å². The Morgan fingerprint density at radius 1 is 1.26 bits per heavy atom. The van der Waals surface area contributed by atoms with Crippen molar-refractivity contribution in [3.8, 4) is 0 Å². The molecule has 0 saturated carbocycles. The average molecular weight is 279 g/mol. The van der Waals surface area contributed by atoms with Crippen LogP contribution in [0.15, 0.2) is 42.5 Å². The zero-order valence-corrected chi connectivity index (χ0v) is 10.7. The molecule has 0 aliphatic carbocycles. The number of nitrogen functional groups attached to an aromatic ring is 1. The molecular formula is C14H12ClFN2O. The number of rotatable bonds is 3. The molecule has 0 radical (unpaired) electrons. The highest BCUT2D eigenvalue weighted by molar-refractivity contribution is 6.31. The Labute approximate surface area is 115 Å². The molecule has 0 unspecified atom stereocenters. The van der Waals surface area contributed by atoms with Gasteiger partial charge in [0.25, 0.3) is 5.91 Å². The molecule has 0 aromatic heterocycles. The van der Waals surface area contributed by atoms with Crippen molar-refractivity contribution in [2.45, 2.75) is 6.54 Å². The van der Waals surface area contributed by atoms with E-state index in [0.29, 0.717) is 5.02 Å². The summed E-state index contributed by atoms with van der Waals surface area (Å²) in [6, 6.07) is 11.1. The number of carbonyl (C=O) groups excluding carboxylic acids is 1. The first-order valence-electron chi connectivity index (χ1n) is 5.64. The number of hydrogen-bond acceptors (Lipinski definition) is 2. The fourth-order valence-electron chi connectivity index (χ4n) is 1.63. The Morgan fingerprint density at radius 3 is 2.68 bits per heavy atom. The van der Waals surface area contributed by atoms with Gasteiger partial charge in [-0.1, -0.05) is 29.8 Å². The number of anilines is 1. The van der Waals surface area contributed by atoms with Crippen LogP contribution in [0.4, 0.5) is 10.1 Å². The van der Waals surface area contributed by atoms with E-state index < -0.39 is 11.7 Å². The van der Waals surface area contributed by atoms with Crippen molar-refractivity contribution in [3.05, 3.63) is 64.4 Å². The topological polar surface area (TPSA) is 55.1 Å². The highest BCUT2D eigenvalue weighted by atomic mass is 35.5. The summed E-state index contributed by atoms with van der Waals surface area (Å²) < 4.78 is 13.5. The van der Waals surface area contributed by atoms with Crippen molar-refractivity contribution in [1.29, 1.82) is 0 Å². The lowest BCUT2D eigenvalue weighted by molar-refractivity contribution is 0.0947. The average Bonchev–Trinajstić information content (AvgIpc) is 2.37. The molecule has 0 fully saturated rings. The van der Waals surface area contributed by atoms with Crippen LogP contribution in [0.3, 0.4) is 0 Å². The van der Waals surface area contributed by atoms with Crippen molar-refractivity contribution >= 4 is 23.2 Å². The number of hydrogen-bond donors (Lipinski definition) is 2. The molecule has 2 rings (SSSR count). The molecule has 1 amide bonds. The SMILES string of the molecule is Nc1ccc(C(=O)NCc2ccccc2Cl)c(F)c1. The lowest BCUT2D eigenvalue weighted by atomic mass is 10.1. The maximum atomic E-state index is 13.5. The van der Waals surface area contributed by atoms with E-state index in [1.54, 1.807) is 18.2 Å². The first-order valence-corrected chi connectivity index (χ1v) is 6.02. The molecule has 98 valence electrons. The molecule has 0 bridgehead atoms. The van der Waals surface area contributed by atoms with Crippen molar-refractivity contribution < 1.29 is 9.18 Å². The highest BCUT2D eigenvalue weighted by Gasteiger charge is 2.11. The van der Waals surface area contributed by atoms with Crippen LogP contribution in [0.1, 0.15) is 15.9 Å². The summed E-state index contributed by atoms with van der Waals surface area (Å²) in [5.41, 5.74) is 6.43. The molecule has 0 atom stereocenters. The predicted octanol–water partition coefficient (Wildman–Crippen LogP) is 2.99. The van der Waals surface area contributed by atoms with E-state index in [4.69, 9.17) is 17.3 Å². The van der Waals surface area contributed by atoms with Gasteiger partial charge in [0.2, 0.25) is 0 Å². The molecule has 2 aromatic carbocycles. The molecule has 3 nitrogen and oxygen atoms in total. The van der Waals surface area contributed by atoms with Gasteiger partial charge in [-0.3, -0.25) is 4.79 Å². The molecule has 0 saturated heterocycles. The fraction of sp³-hybridized carbons (Fsp3) is 0.0714. The van der Waals surface area contributed by atoms with Gasteiger partial charge in [0, 0.05) is 17.3 Å². The van der Waals surface area contributed by atoms with Crippen molar-refractivity contribution in [1.82, 2.24) is 5.32 Å². The number of nitrogens with one attached hydrogen (secondary N) is 1. The molecule has 0 aliphatic rings. The summed E-state index contributed by atoms with van der Waals surface area (Å²) in [5, 5.41) is 3.17. The second-order valence-corrected chi connectivity index (χ2v) is 4.42. The normalized spacial score (nSPS) is 10.2. The van der Waals surface area contributed by atoms with E-state index in [9.17, 15) is 9.18 Å². The van der Waals surface area contributed by atoms with Crippen LogP contribution in [0.25, 0.3) is 0 Å². The Morgan fingerprint density at radius 2 is 2.00 bits per heavy atom. The van der Waals surface area contributed by atoms with E-state index >= 15 is 0 Å². The van der Waals surface area contributed by atoms with E-state index in [-0.39, 0.29) is 17.8 Å². The van der Waals surface area contributed by atoms with Crippen LogP contribution in [-0.4, -0.2) is 5.91 Å². The third kappa shape index (κ3) is 3.23. The first kappa shape index (κ1) is 13.4. The first-order chi connectivity index (χ1) is 9.08. The fourth-order valence-corrected chi connectivity index (χ4v) is 1.83. The van der Waals surface area contributed by atoms with Gasteiger partial charge in [-0.05, 0) is 29.8 Å². The molecule has 0 heterocycles. The number of amides is 1. The largest absolute Gasteiger partial charge is 0.399 e. The predicted molar refractivity (Wildman–Crippen MR) is 73.4 cm³/mol. The third-order valence-corrected chi connectivity index (χ3v) is 3.00. The van der Waals surface area contributed by atoms with Gasteiger partial charge in [0.05, 0.1) is 5.56 Å². The van der Waals surface area contributed by atoms with Gasteiger partial charge in [0.1, 0.15) is 5.82 Å². The van der Waals surface area contributed by atoms with Crippen LogP contribution in [0.2, 0.25) is 5.02 Å². The minimum absolute atomic E-state index is 0.0405. The Balaban J connectivity index is 2.08. The van der Waals surface area contributed by atoms with Crippen LogP contribution in [-0.2, 0) is 6.54 Å². The summed E-state index contributed by atoms with van der Waals surface area (Å²) in [5.74, 6) is -1.14. The highest BCUT2D eigenvalue weighted by Crippen LogP contribution is 2.15. The number of benzene rings is 2. The van der Waals surface area contributed by atoms with E-state index in [1.807, 2.05) is 6.07 Å². The van der Waals surface area contributed by atoms with Crippen LogP contribution < -0.4 is 11.1 Å². The minimum Gasteiger partial charge on any atom is -0.399 e. The van der Waals surface area contributed by atoms with Crippen LogP contribution >= 0.6 is 11.6 Å². The van der Waals surface area contributed by atoms with Gasteiger partial charge in [-0.15, -0.1) is 0 Å². The summed E-state index contributed by atoms with van der Waals surface area (Å²) in [6.45, 7) is 0.238. The Bertz CT molecular complexity index is 616. The van der Waals surface area contributed by atoms with Gasteiger partial charge in [-0.25, -0.2) is 4.39 Å². The van der Waals surface area contributed by atoms with E-state index in [2.05, 4.69) is 5.32 Å². The molecule has 19 heavy (non-hydrogen) atoms. The molecule has 3 N–H and O–H groups in total. The Kier molecular flexibility index (Phi) is 4.02. The summed E-state index contributed by atoms with van der Waals surface area (Å²) >= 11 is 5.96. The van der Waals surface area contributed by atoms with Crippen molar-refractivity contribution in [2.24, 2.45) is 0 Å². The summed E-state index contributed by atoms with van der Waals surface area (Å²) in [4.78, 5) is 11.8. The summed E-state index contributed by atoms with van der Waals surface area (Å²) in [7, 11) is 0. The van der Waals surface area contributed by atoms with E-state index in [0.717, 1.165) is 11.6 Å². The maximum Gasteiger partial charge on any atom is 0.254 e. The van der Waals surface area contributed by atoms with Gasteiger partial charge in [0.15, 0.2) is 0 Å². The standard InChI is InChI=1S/C14H12ClFN2O/c15-12-4-2-1-3-9(12)8-18-14(19)11-6-5-10(17)7-13(11)16/h1-7H,8,17H2,(H,18,19). The monoisotopic (exact) mass is 278 g/mol. The Hall–Kier alpha value is -2.07. The summed E-state index contributed by atoms with van der Waals surface area (Å²) in [6.07, 6.45) is 0. The molecular weight excluding hydrogens is 267 g/mol.